The molecule has 0 radical (unpaired) electrons. The molecule has 2 aromatic carbocycles. The molecule has 1 aliphatic heterocycles. The minimum Gasteiger partial charge on any atom is -0.349 e. The van der Waals surface area contributed by atoms with Gasteiger partial charge in [-0.15, -0.1) is 0 Å². The van der Waals surface area contributed by atoms with Gasteiger partial charge in [0.05, 0.1) is 10.9 Å². The Bertz CT molecular complexity index is 945. The summed E-state index contributed by atoms with van der Waals surface area (Å²) in [6.07, 6.45) is 3.69. The zero-order valence-corrected chi connectivity index (χ0v) is 18.9. The highest BCUT2D eigenvalue weighted by molar-refractivity contribution is 7.90. The number of nitrogens with zero attached hydrogens (tertiary/aromatic N) is 1. The van der Waals surface area contributed by atoms with Gasteiger partial charge in [0.25, 0.3) is 0 Å². The van der Waals surface area contributed by atoms with Gasteiger partial charge in [0.2, 0.25) is 5.91 Å². The molecule has 0 saturated carbocycles. The summed E-state index contributed by atoms with van der Waals surface area (Å²) in [5.41, 5.74) is 3.52. The van der Waals surface area contributed by atoms with Gasteiger partial charge in [0.1, 0.15) is 0 Å². The maximum absolute atomic E-state index is 12.8. The van der Waals surface area contributed by atoms with E-state index in [-0.39, 0.29) is 17.9 Å². The lowest BCUT2D eigenvalue weighted by Crippen LogP contribution is -2.41. The second-order valence-electron chi connectivity index (χ2n) is 8.35. The summed E-state index contributed by atoms with van der Waals surface area (Å²) < 4.78 is 23.3. The molecule has 1 aliphatic rings. The molecule has 0 unspecified atom stereocenters. The van der Waals surface area contributed by atoms with Crippen molar-refractivity contribution in [2.75, 3.05) is 19.3 Å². The average Bonchev–Trinajstić information content (AvgIpc) is 2.73. The van der Waals surface area contributed by atoms with Gasteiger partial charge < -0.3 is 5.32 Å². The van der Waals surface area contributed by atoms with Gasteiger partial charge in [-0.2, -0.15) is 0 Å². The molecule has 1 heterocycles. The lowest BCUT2D eigenvalue weighted by molar-refractivity contribution is -0.127. The first-order valence-corrected chi connectivity index (χ1v) is 12.5. The Labute approximate surface area is 180 Å². The predicted octanol–water partition coefficient (Wildman–Crippen LogP) is 3.88. The van der Waals surface area contributed by atoms with Crippen LogP contribution in [0.2, 0.25) is 0 Å². The molecule has 1 N–H and O–H groups in total. The third-order valence-electron chi connectivity index (χ3n) is 5.92. The van der Waals surface area contributed by atoms with E-state index >= 15 is 0 Å². The van der Waals surface area contributed by atoms with Crippen LogP contribution in [0.25, 0.3) is 0 Å². The van der Waals surface area contributed by atoms with Crippen LogP contribution in [0.5, 0.6) is 0 Å². The van der Waals surface area contributed by atoms with Crippen molar-refractivity contribution in [3.8, 4) is 0 Å². The largest absolute Gasteiger partial charge is 0.349 e. The van der Waals surface area contributed by atoms with Crippen molar-refractivity contribution in [2.24, 2.45) is 5.92 Å². The Kier molecular flexibility index (Phi) is 7.32. The number of rotatable bonds is 7. The van der Waals surface area contributed by atoms with Crippen LogP contribution >= 0.6 is 0 Å². The summed E-state index contributed by atoms with van der Waals surface area (Å²) >= 11 is 0. The summed E-state index contributed by atoms with van der Waals surface area (Å²) in [5.74, 6) is 0.132. The fourth-order valence-electron chi connectivity index (χ4n) is 3.96. The molecule has 3 rings (SSSR count). The molecule has 1 saturated heterocycles. The maximum Gasteiger partial charge on any atom is 0.223 e. The Morgan fingerprint density at radius 2 is 1.67 bits per heavy atom. The second kappa shape index (κ2) is 9.75. The molecule has 30 heavy (non-hydrogen) atoms. The number of amides is 1. The van der Waals surface area contributed by atoms with E-state index in [0.717, 1.165) is 44.5 Å². The zero-order valence-electron chi connectivity index (χ0n) is 18.1. The van der Waals surface area contributed by atoms with Crippen LogP contribution in [0.3, 0.4) is 0 Å². The molecule has 162 valence electrons. The Balaban J connectivity index is 1.53. The fraction of sp³-hybridized carbons (Fsp3) is 0.458. The van der Waals surface area contributed by atoms with Crippen molar-refractivity contribution in [1.29, 1.82) is 0 Å². The van der Waals surface area contributed by atoms with Gasteiger partial charge in [-0.3, -0.25) is 9.69 Å². The van der Waals surface area contributed by atoms with Gasteiger partial charge in [-0.1, -0.05) is 48.9 Å². The number of hydrogen-bond donors (Lipinski definition) is 1. The number of sulfone groups is 1. The molecule has 6 heteroatoms. The number of aryl methyl sites for hydroxylation is 1. The summed E-state index contributed by atoms with van der Waals surface area (Å²) in [6, 6.07) is 15.4. The second-order valence-corrected chi connectivity index (χ2v) is 10.4. The van der Waals surface area contributed by atoms with E-state index in [0.29, 0.717) is 4.90 Å². The van der Waals surface area contributed by atoms with E-state index in [1.807, 2.05) is 6.92 Å². The first kappa shape index (κ1) is 22.5. The normalized spacial score (nSPS) is 16.9. The first-order valence-electron chi connectivity index (χ1n) is 10.6. The maximum atomic E-state index is 12.8. The number of likely N-dealkylation sites (tertiary alicyclic amines) is 1. The Hall–Kier alpha value is -2.18. The van der Waals surface area contributed by atoms with Crippen LogP contribution in [0.4, 0.5) is 0 Å². The summed E-state index contributed by atoms with van der Waals surface area (Å²) in [5, 5.41) is 3.17. The highest BCUT2D eigenvalue weighted by Crippen LogP contribution is 2.23. The number of benzene rings is 2. The van der Waals surface area contributed by atoms with Crippen molar-refractivity contribution < 1.29 is 13.2 Å². The monoisotopic (exact) mass is 428 g/mol. The SMILES string of the molecule is CC[C@H](NC(=O)C1CCN(Cc2ccc(C)cc2)CC1)c1ccc(S(C)(=O)=O)cc1. The average molecular weight is 429 g/mol. The van der Waals surface area contributed by atoms with Crippen LogP contribution in [0.15, 0.2) is 53.4 Å². The standard InChI is InChI=1S/C24H32N2O3S/c1-4-23(20-9-11-22(12-10-20)30(3,28)29)25-24(27)21-13-15-26(16-14-21)17-19-7-5-18(2)6-8-19/h5-12,21,23H,4,13-17H2,1-3H3,(H,25,27)/t23-/m0/s1. The van der Waals surface area contributed by atoms with Crippen molar-refractivity contribution in [3.63, 3.8) is 0 Å². The molecule has 0 bridgehead atoms. The molecule has 1 amide bonds. The third kappa shape index (κ3) is 5.92. The van der Waals surface area contributed by atoms with E-state index in [4.69, 9.17) is 0 Å². The molecule has 0 aromatic heterocycles. The number of carbonyl (C=O) groups is 1. The Morgan fingerprint density at radius 3 is 2.20 bits per heavy atom. The molecule has 5 nitrogen and oxygen atoms in total. The highest BCUT2D eigenvalue weighted by Gasteiger charge is 2.26. The topological polar surface area (TPSA) is 66.5 Å². The first-order chi connectivity index (χ1) is 14.3. The van der Waals surface area contributed by atoms with Crippen LogP contribution in [0, 0.1) is 12.8 Å². The van der Waals surface area contributed by atoms with E-state index < -0.39 is 9.84 Å². The minimum atomic E-state index is -3.21. The molecule has 0 aliphatic carbocycles. The number of nitrogens with one attached hydrogen (secondary N) is 1. The summed E-state index contributed by atoms with van der Waals surface area (Å²) in [4.78, 5) is 15.6. The fourth-order valence-corrected chi connectivity index (χ4v) is 4.59. The van der Waals surface area contributed by atoms with Crippen molar-refractivity contribution in [1.82, 2.24) is 10.2 Å². The number of carbonyl (C=O) groups excluding carboxylic acids is 1. The molecule has 1 atom stereocenters. The lowest BCUT2D eigenvalue weighted by Gasteiger charge is -2.32. The Morgan fingerprint density at radius 1 is 1.07 bits per heavy atom. The van der Waals surface area contributed by atoms with Crippen molar-refractivity contribution in [2.45, 2.75) is 50.6 Å². The van der Waals surface area contributed by atoms with Crippen molar-refractivity contribution >= 4 is 15.7 Å². The van der Waals surface area contributed by atoms with Crippen LogP contribution in [0.1, 0.15) is 48.9 Å². The molecule has 2 aromatic rings. The smallest absolute Gasteiger partial charge is 0.223 e. The number of hydrogen-bond acceptors (Lipinski definition) is 4. The van der Waals surface area contributed by atoms with Gasteiger partial charge in [-0.25, -0.2) is 8.42 Å². The van der Waals surface area contributed by atoms with E-state index in [1.54, 1.807) is 24.3 Å². The highest BCUT2D eigenvalue weighted by atomic mass is 32.2. The van der Waals surface area contributed by atoms with E-state index in [2.05, 4.69) is 41.4 Å². The summed E-state index contributed by atoms with van der Waals surface area (Å²) in [6.45, 7) is 6.90. The summed E-state index contributed by atoms with van der Waals surface area (Å²) in [7, 11) is -3.21. The minimum absolute atomic E-state index is 0.0311. The number of piperidine rings is 1. The third-order valence-corrected chi connectivity index (χ3v) is 7.05. The lowest BCUT2D eigenvalue weighted by atomic mass is 9.94. The van der Waals surface area contributed by atoms with E-state index in [9.17, 15) is 13.2 Å². The quantitative estimate of drug-likeness (QED) is 0.727. The molecule has 0 spiro atoms. The van der Waals surface area contributed by atoms with Gasteiger partial charge in [0, 0.05) is 18.7 Å². The van der Waals surface area contributed by atoms with Gasteiger partial charge >= 0.3 is 0 Å². The van der Waals surface area contributed by atoms with Crippen LogP contribution in [-0.4, -0.2) is 38.6 Å². The van der Waals surface area contributed by atoms with Crippen LogP contribution < -0.4 is 5.32 Å². The predicted molar refractivity (Wildman–Crippen MR) is 120 cm³/mol. The molecular weight excluding hydrogens is 396 g/mol. The van der Waals surface area contributed by atoms with E-state index in [1.165, 1.54) is 17.4 Å². The zero-order chi connectivity index (χ0) is 21.7. The van der Waals surface area contributed by atoms with Gasteiger partial charge in [0.15, 0.2) is 9.84 Å². The van der Waals surface area contributed by atoms with Crippen LogP contribution in [-0.2, 0) is 21.2 Å². The van der Waals surface area contributed by atoms with Gasteiger partial charge in [-0.05, 0) is 62.5 Å². The molecule has 1 fully saturated rings. The molecular formula is C24H32N2O3S. The van der Waals surface area contributed by atoms with Crippen molar-refractivity contribution in [3.05, 3.63) is 65.2 Å².